The smallest absolute Gasteiger partial charge is 0.226 e. The normalized spacial score (nSPS) is 12.2. The quantitative estimate of drug-likeness (QED) is 0.362. The maximum atomic E-state index is 13.4. The van der Waals surface area contributed by atoms with Gasteiger partial charge in [-0.3, -0.25) is 9.20 Å². The first-order valence-electron chi connectivity index (χ1n) is 9.76. The summed E-state index contributed by atoms with van der Waals surface area (Å²) in [4.78, 5) is 19.5. The summed E-state index contributed by atoms with van der Waals surface area (Å²) in [7, 11) is 0. The third-order valence-electron chi connectivity index (χ3n) is 5.03. The number of thiazole rings is 1. The van der Waals surface area contributed by atoms with Crippen LogP contribution in [0.2, 0.25) is 0 Å². The molecule has 0 spiro atoms. The summed E-state index contributed by atoms with van der Waals surface area (Å²) in [6.45, 7) is 0. The van der Waals surface area contributed by atoms with E-state index in [-0.39, 0.29) is 24.2 Å². The molecule has 1 amide bonds. The van der Waals surface area contributed by atoms with Gasteiger partial charge in [0.2, 0.25) is 5.91 Å². The molecule has 3 heterocycles. The van der Waals surface area contributed by atoms with Crippen LogP contribution < -0.4 is 5.32 Å². The van der Waals surface area contributed by atoms with Gasteiger partial charge in [0.1, 0.15) is 5.82 Å². The monoisotopic (exact) mass is 447 g/mol. The van der Waals surface area contributed by atoms with Gasteiger partial charge in [-0.15, -0.1) is 22.7 Å². The molecule has 0 aliphatic carbocycles. The number of imidazole rings is 1. The third-order valence-corrected chi connectivity index (χ3v) is 6.86. The van der Waals surface area contributed by atoms with E-state index in [1.807, 2.05) is 63.8 Å². The maximum Gasteiger partial charge on any atom is 0.226 e. The van der Waals surface area contributed by atoms with Crippen LogP contribution in [0.1, 0.15) is 22.2 Å². The molecule has 0 saturated carbocycles. The van der Waals surface area contributed by atoms with Crippen molar-refractivity contribution in [3.63, 3.8) is 0 Å². The van der Waals surface area contributed by atoms with E-state index in [1.54, 1.807) is 23.5 Å². The molecule has 1 unspecified atom stereocenters. The summed E-state index contributed by atoms with van der Waals surface area (Å²) < 4.78 is 15.4. The summed E-state index contributed by atoms with van der Waals surface area (Å²) in [6.07, 6.45) is 2.20. The molecule has 5 aromatic rings. The molecule has 3 aromatic heterocycles. The Bertz CT molecular complexity index is 1310. The molecular formula is C24H18FN3OS2. The largest absolute Gasteiger partial charge is 0.344 e. The lowest BCUT2D eigenvalue weighted by Gasteiger charge is -2.18. The molecule has 0 aliphatic rings. The Balaban J connectivity index is 1.38. The topological polar surface area (TPSA) is 46.4 Å². The Kier molecular flexibility index (Phi) is 5.36. The predicted octanol–water partition coefficient (Wildman–Crippen LogP) is 5.71. The average molecular weight is 448 g/mol. The highest BCUT2D eigenvalue weighted by Gasteiger charge is 2.19. The van der Waals surface area contributed by atoms with Gasteiger partial charge in [-0.2, -0.15) is 0 Å². The van der Waals surface area contributed by atoms with Crippen molar-refractivity contribution in [1.82, 2.24) is 14.7 Å². The van der Waals surface area contributed by atoms with Crippen molar-refractivity contribution in [2.75, 3.05) is 0 Å². The second-order valence-corrected chi connectivity index (χ2v) is 8.93. The van der Waals surface area contributed by atoms with E-state index in [9.17, 15) is 9.18 Å². The van der Waals surface area contributed by atoms with Crippen LogP contribution in [-0.4, -0.2) is 15.3 Å². The van der Waals surface area contributed by atoms with Crippen LogP contribution in [-0.2, 0) is 11.2 Å². The first-order chi connectivity index (χ1) is 15.2. The molecule has 0 radical (unpaired) electrons. The number of benzene rings is 2. The number of amides is 1. The second kappa shape index (κ2) is 8.45. The summed E-state index contributed by atoms with van der Waals surface area (Å²) >= 11 is 3.08. The number of aromatic nitrogens is 2. The van der Waals surface area contributed by atoms with Crippen LogP contribution in [0.25, 0.3) is 16.2 Å². The fourth-order valence-corrected chi connectivity index (χ4v) is 5.19. The SMILES string of the molecule is O=C(Cc1csc2nc(-c3ccccc3)cn12)NC(c1ccc(F)cc1)c1cccs1. The number of thiophene rings is 1. The molecule has 0 aliphatic heterocycles. The zero-order valence-electron chi connectivity index (χ0n) is 16.4. The second-order valence-electron chi connectivity index (χ2n) is 7.12. The van der Waals surface area contributed by atoms with Crippen molar-refractivity contribution in [2.45, 2.75) is 12.5 Å². The summed E-state index contributed by atoms with van der Waals surface area (Å²) in [5, 5.41) is 7.05. The Morgan fingerprint density at radius 3 is 2.58 bits per heavy atom. The molecule has 0 bridgehead atoms. The first kappa shape index (κ1) is 19.7. The number of hydrogen-bond donors (Lipinski definition) is 1. The van der Waals surface area contributed by atoms with Crippen LogP contribution >= 0.6 is 22.7 Å². The van der Waals surface area contributed by atoms with Gasteiger partial charge >= 0.3 is 0 Å². The van der Waals surface area contributed by atoms with E-state index in [1.165, 1.54) is 23.5 Å². The predicted molar refractivity (Wildman–Crippen MR) is 123 cm³/mol. The minimum atomic E-state index is -0.315. The molecular weight excluding hydrogens is 429 g/mol. The van der Waals surface area contributed by atoms with E-state index < -0.39 is 0 Å². The van der Waals surface area contributed by atoms with Gasteiger partial charge in [-0.1, -0.05) is 48.5 Å². The molecule has 7 heteroatoms. The Morgan fingerprint density at radius 2 is 1.84 bits per heavy atom. The van der Waals surface area contributed by atoms with Gasteiger partial charge in [-0.05, 0) is 29.1 Å². The number of nitrogens with zero attached hydrogens (tertiary/aromatic N) is 2. The molecule has 31 heavy (non-hydrogen) atoms. The number of fused-ring (bicyclic) bond motifs is 1. The number of hydrogen-bond acceptors (Lipinski definition) is 4. The van der Waals surface area contributed by atoms with E-state index in [2.05, 4.69) is 10.3 Å². The van der Waals surface area contributed by atoms with Crippen molar-refractivity contribution in [2.24, 2.45) is 0 Å². The molecule has 2 aromatic carbocycles. The van der Waals surface area contributed by atoms with E-state index in [0.717, 1.165) is 32.4 Å². The Hall–Kier alpha value is -3.29. The van der Waals surface area contributed by atoms with Crippen LogP contribution in [0.3, 0.4) is 0 Å². The summed E-state index contributed by atoms with van der Waals surface area (Å²) in [6, 6.07) is 19.9. The van der Waals surface area contributed by atoms with Gasteiger partial charge in [0.15, 0.2) is 4.96 Å². The fraction of sp³-hybridized carbons (Fsp3) is 0.0833. The highest BCUT2D eigenvalue weighted by Crippen LogP contribution is 2.27. The number of nitrogens with one attached hydrogen (secondary N) is 1. The lowest BCUT2D eigenvalue weighted by molar-refractivity contribution is -0.121. The van der Waals surface area contributed by atoms with Crippen molar-refractivity contribution in [3.05, 3.63) is 106 Å². The zero-order valence-corrected chi connectivity index (χ0v) is 18.0. The zero-order chi connectivity index (χ0) is 21.2. The number of halogens is 1. The van der Waals surface area contributed by atoms with Gasteiger partial charge in [0.05, 0.1) is 18.2 Å². The highest BCUT2D eigenvalue weighted by atomic mass is 32.1. The van der Waals surface area contributed by atoms with Crippen molar-refractivity contribution in [1.29, 1.82) is 0 Å². The van der Waals surface area contributed by atoms with Crippen LogP contribution in [0, 0.1) is 5.82 Å². The number of carbonyl (C=O) groups excluding carboxylic acids is 1. The highest BCUT2D eigenvalue weighted by molar-refractivity contribution is 7.15. The van der Waals surface area contributed by atoms with Gasteiger partial charge < -0.3 is 5.32 Å². The van der Waals surface area contributed by atoms with Crippen molar-refractivity contribution in [3.8, 4) is 11.3 Å². The molecule has 1 atom stereocenters. The minimum absolute atomic E-state index is 0.0996. The molecule has 1 N–H and O–H groups in total. The van der Waals surface area contributed by atoms with Crippen LogP contribution in [0.5, 0.6) is 0 Å². The Morgan fingerprint density at radius 1 is 1.03 bits per heavy atom. The van der Waals surface area contributed by atoms with E-state index >= 15 is 0 Å². The fourth-order valence-electron chi connectivity index (χ4n) is 3.51. The minimum Gasteiger partial charge on any atom is -0.344 e. The lowest BCUT2D eigenvalue weighted by Crippen LogP contribution is -2.30. The summed E-state index contributed by atoms with van der Waals surface area (Å²) in [5.74, 6) is -0.396. The van der Waals surface area contributed by atoms with Crippen LogP contribution in [0.4, 0.5) is 4.39 Å². The average Bonchev–Trinajstić information content (AvgIpc) is 3.53. The van der Waals surface area contributed by atoms with Gasteiger partial charge in [0.25, 0.3) is 0 Å². The third kappa shape index (κ3) is 4.15. The van der Waals surface area contributed by atoms with Crippen LogP contribution in [0.15, 0.2) is 83.7 Å². The van der Waals surface area contributed by atoms with Gasteiger partial charge in [0, 0.05) is 27.7 Å². The maximum absolute atomic E-state index is 13.4. The molecule has 4 nitrogen and oxygen atoms in total. The van der Waals surface area contributed by atoms with Gasteiger partial charge in [-0.25, -0.2) is 9.37 Å². The summed E-state index contributed by atoms with van der Waals surface area (Å²) in [5.41, 5.74) is 3.66. The Labute approximate surface area is 186 Å². The molecule has 0 saturated heterocycles. The number of carbonyl (C=O) groups is 1. The molecule has 5 rings (SSSR count). The number of rotatable bonds is 6. The standard InChI is InChI=1S/C24H18FN3OS2/c25-18-10-8-17(9-11-18)23(21-7-4-12-30-21)27-22(29)13-19-15-31-24-26-20(14-28(19)24)16-5-2-1-3-6-16/h1-12,14-15,23H,13H2,(H,27,29). The molecule has 0 fully saturated rings. The lowest BCUT2D eigenvalue weighted by atomic mass is 10.0. The first-order valence-corrected chi connectivity index (χ1v) is 11.5. The van der Waals surface area contributed by atoms with E-state index in [4.69, 9.17) is 0 Å². The molecule has 154 valence electrons. The van der Waals surface area contributed by atoms with Crippen molar-refractivity contribution < 1.29 is 9.18 Å². The van der Waals surface area contributed by atoms with Crippen molar-refractivity contribution >= 4 is 33.5 Å². The van der Waals surface area contributed by atoms with E-state index in [0.29, 0.717) is 0 Å².